The summed E-state index contributed by atoms with van der Waals surface area (Å²) in [7, 11) is 0. The number of hydrogen-bond acceptors (Lipinski definition) is 5. The standard InChI is InChI=1S/C25H29N5O4/c1-5-30-24(34)19-9-7-6-8-18(19)21(29-30)23(33)28-27-20(31)14-15-26-22(32)16-10-12-17(13-11-16)25(2,3)4/h6-13H,5,14-15H2,1-4H3,(H,26,32)(H,27,31)(H,28,33). The Labute approximate surface area is 197 Å². The highest BCUT2D eigenvalue weighted by atomic mass is 16.2. The lowest BCUT2D eigenvalue weighted by atomic mass is 9.87. The fraction of sp³-hybridized carbons (Fsp3) is 0.320. The summed E-state index contributed by atoms with van der Waals surface area (Å²) < 4.78 is 1.20. The highest BCUT2D eigenvalue weighted by Crippen LogP contribution is 2.22. The summed E-state index contributed by atoms with van der Waals surface area (Å²) in [5.74, 6) is -1.41. The first-order chi connectivity index (χ1) is 16.1. The number of aryl methyl sites for hydroxylation is 1. The molecule has 0 aliphatic carbocycles. The quantitative estimate of drug-likeness (QED) is 0.484. The molecule has 0 radical (unpaired) electrons. The molecule has 2 aromatic carbocycles. The summed E-state index contributed by atoms with van der Waals surface area (Å²) in [4.78, 5) is 49.5. The van der Waals surface area contributed by atoms with Crippen molar-refractivity contribution in [2.45, 2.75) is 46.1 Å². The van der Waals surface area contributed by atoms with Gasteiger partial charge in [0.25, 0.3) is 17.4 Å². The Morgan fingerprint density at radius 1 is 0.912 bits per heavy atom. The number of nitrogens with one attached hydrogen (secondary N) is 3. The minimum atomic E-state index is -0.644. The Balaban J connectivity index is 1.54. The molecule has 0 spiro atoms. The molecule has 1 heterocycles. The normalized spacial score (nSPS) is 11.2. The number of nitrogens with zero attached hydrogens (tertiary/aromatic N) is 2. The first-order valence-corrected chi connectivity index (χ1v) is 11.1. The Morgan fingerprint density at radius 3 is 2.18 bits per heavy atom. The van der Waals surface area contributed by atoms with Crippen molar-refractivity contribution < 1.29 is 14.4 Å². The third-order valence-corrected chi connectivity index (χ3v) is 5.35. The molecule has 0 saturated carbocycles. The van der Waals surface area contributed by atoms with Gasteiger partial charge in [0.2, 0.25) is 5.91 Å². The van der Waals surface area contributed by atoms with E-state index in [-0.39, 0.29) is 35.5 Å². The first kappa shape index (κ1) is 24.6. The van der Waals surface area contributed by atoms with Crippen LogP contribution in [0, 0.1) is 0 Å². The molecule has 3 N–H and O–H groups in total. The maximum Gasteiger partial charge on any atom is 0.290 e. The molecular formula is C25H29N5O4. The van der Waals surface area contributed by atoms with Crippen molar-refractivity contribution in [3.63, 3.8) is 0 Å². The maximum absolute atomic E-state index is 12.6. The topological polar surface area (TPSA) is 122 Å². The summed E-state index contributed by atoms with van der Waals surface area (Å²) in [6.45, 7) is 8.44. The van der Waals surface area contributed by atoms with Gasteiger partial charge in [-0.25, -0.2) is 4.68 Å². The average molecular weight is 464 g/mol. The molecule has 34 heavy (non-hydrogen) atoms. The predicted octanol–water partition coefficient (Wildman–Crippen LogP) is 2.30. The highest BCUT2D eigenvalue weighted by Gasteiger charge is 2.17. The summed E-state index contributed by atoms with van der Waals surface area (Å²) >= 11 is 0. The Kier molecular flexibility index (Phi) is 7.45. The van der Waals surface area contributed by atoms with Crippen molar-refractivity contribution in [3.05, 3.63) is 75.7 Å². The second-order valence-electron chi connectivity index (χ2n) is 8.85. The minimum absolute atomic E-state index is 0.00679. The number of aromatic nitrogens is 2. The number of carbonyl (C=O) groups excluding carboxylic acids is 3. The Bertz CT molecular complexity index is 1270. The predicted molar refractivity (Wildman–Crippen MR) is 129 cm³/mol. The van der Waals surface area contributed by atoms with E-state index in [2.05, 4.69) is 42.0 Å². The summed E-state index contributed by atoms with van der Waals surface area (Å²) in [6.07, 6.45) is -0.0330. The van der Waals surface area contributed by atoms with E-state index in [1.807, 2.05) is 12.1 Å². The molecule has 3 amide bonds. The molecule has 3 aromatic rings. The van der Waals surface area contributed by atoms with Crippen molar-refractivity contribution in [1.29, 1.82) is 0 Å². The van der Waals surface area contributed by atoms with Crippen molar-refractivity contribution in [3.8, 4) is 0 Å². The van der Waals surface area contributed by atoms with E-state index >= 15 is 0 Å². The van der Waals surface area contributed by atoms with Crippen LogP contribution in [0.1, 0.15) is 60.5 Å². The summed E-state index contributed by atoms with van der Waals surface area (Å²) in [6, 6.07) is 14.0. The number of hydrazine groups is 1. The average Bonchev–Trinajstić information content (AvgIpc) is 2.82. The van der Waals surface area contributed by atoms with Crippen molar-refractivity contribution in [2.24, 2.45) is 0 Å². The van der Waals surface area contributed by atoms with Crippen molar-refractivity contribution >= 4 is 28.5 Å². The first-order valence-electron chi connectivity index (χ1n) is 11.1. The molecule has 3 rings (SSSR count). The van der Waals surface area contributed by atoms with Crippen LogP contribution in [-0.2, 0) is 16.8 Å². The molecule has 0 bridgehead atoms. The number of fused-ring (bicyclic) bond motifs is 1. The lowest BCUT2D eigenvalue weighted by molar-refractivity contribution is -0.121. The van der Waals surface area contributed by atoms with Gasteiger partial charge in [0.15, 0.2) is 5.69 Å². The van der Waals surface area contributed by atoms with Crippen LogP contribution in [0.5, 0.6) is 0 Å². The van der Waals surface area contributed by atoms with Crippen molar-refractivity contribution in [1.82, 2.24) is 25.9 Å². The van der Waals surface area contributed by atoms with E-state index < -0.39 is 11.8 Å². The van der Waals surface area contributed by atoms with Crippen LogP contribution in [-0.4, -0.2) is 34.0 Å². The van der Waals surface area contributed by atoms with Gasteiger partial charge in [-0.05, 0) is 36.1 Å². The van der Waals surface area contributed by atoms with Crippen LogP contribution in [0.15, 0.2) is 53.3 Å². The van der Waals surface area contributed by atoms with Crippen LogP contribution in [0.3, 0.4) is 0 Å². The number of hydrogen-bond donors (Lipinski definition) is 3. The van der Waals surface area contributed by atoms with Crippen LogP contribution >= 0.6 is 0 Å². The molecule has 1 aromatic heterocycles. The van der Waals surface area contributed by atoms with E-state index in [9.17, 15) is 19.2 Å². The Morgan fingerprint density at radius 2 is 1.56 bits per heavy atom. The van der Waals surface area contributed by atoms with Crippen LogP contribution in [0.25, 0.3) is 10.8 Å². The van der Waals surface area contributed by atoms with E-state index in [4.69, 9.17) is 0 Å². The lowest BCUT2D eigenvalue weighted by Gasteiger charge is -2.19. The Hall–Kier alpha value is -4.01. The van der Waals surface area contributed by atoms with Gasteiger partial charge in [-0.15, -0.1) is 0 Å². The fourth-order valence-electron chi connectivity index (χ4n) is 3.38. The molecule has 0 fully saturated rings. The second-order valence-corrected chi connectivity index (χ2v) is 8.85. The molecule has 178 valence electrons. The molecule has 0 atom stereocenters. The molecule has 0 unspecified atom stereocenters. The van der Waals surface area contributed by atoms with Gasteiger partial charge in [0.05, 0.1) is 5.39 Å². The van der Waals surface area contributed by atoms with Gasteiger partial charge in [-0.3, -0.25) is 30.0 Å². The smallest absolute Gasteiger partial charge is 0.290 e. The third-order valence-electron chi connectivity index (χ3n) is 5.35. The zero-order chi connectivity index (χ0) is 24.9. The SMILES string of the molecule is CCn1nc(C(=O)NNC(=O)CCNC(=O)c2ccc(C(C)(C)C)cc2)c2ccccc2c1=O. The number of amides is 3. The van der Waals surface area contributed by atoms with Crippen LogP contribution in [0.4, 0.5) is 0 Å². The van der Waals surface area contributed by atoms with Crippen molar-refractivity contribution in [2.75, 3.05) is 6.54 Å². The van der Waals surface area contributed by atoms with Gasteiger partial charge in [0.1, 0.15) is 0 Å². The van der Waals surface area contributed by atoms with Gasteiger partial charge < -0.3 is 5.32 Å². The second kappa shape index (κ2) is 10.3. The van der Waals surface area contributed by atoms with Crippen LogP contribution in [0.2, 0.25) is 0 Å². The maximum atomic E-state index is 12.6. The molecule has 0 aliphatic rings. The molecule has 9 nitrogen and oxygen atoms in total. The van der Waals surface area contributed by atoms with Gasteiger partial charge >= 0.3 is 0 Å². The number of carbonyl (C=O) groups is 3. The molecule has 9 heteroatoms. The summed E-state index contributed by atoms with van der Waals surface area (Å²) in [5, 5.41) is 7.58. The lowest BCUT2D eigenvalue weighted by Crippen LogP contribution is -2.43. The van der Waals surface area contributed by atoms with Gasteiger partial charge in [0, 0.05) is 30.5 Å². The van der Waals surface area contributed by atoms with Crippen LogP contribution < -0.4 is 21.7 Å². The summed E-state index contributed by atoms with van der Waals surface area (Å²) in [5.41, 5.74) is 6.00. The van der Waals surface area contributed by atoms with Gasteiger partial charge in [-0.2, -0.15) is 5.10 Å². The monoisotopic (exact) mass is 463 g/mol. The minimum Gasteiger partial charge on any atom is -0.352 e. The molecule has 0 saturated heterocycles. The highest BCUT2D eigenvalue weighted by molar-refractivity contribution is 6.05. The zero-order valence-electron chi connectivity index (χ0n) is 19.8. The van der Waals surface area contributed by atoms with E-state index in [1.54, 1.807) is 43.3 Å². The van der Waals surface area contributed by atoms with E-state index in [1.165, 1.54) is 4.68 Å². The number of rotatable bonds is 6. The molecular weight excluding hydrogens is 434 g/mol. The third kappa shape index (κ3) is 5.67. The molecule has 0 aliphatic heterocycles. The number of benzene rings is 2. The zero-order valence-corrected chi connectivity index (χ0v) is 19.8. The van der Waals surface area contributed by atoms with Gasteiger partial charge in [-0.1, -0.05) is 51.1 Å². The van der Waals surface area contributed by atoms with E-state index in [0.29, 0.717) is 22.9 Å². The largest absolute Gasteiger partial charge is 0.352 e. The van der Waals surface area contributed by atoms with E-state index in [0.717, 1.165) is 5.56 Å². The fourth-order valence-corrected chi connectivity index (χ4v) is 3.38.